The first kappa shape index (κ1) is 15.0. The molecule has 1 amide bonds. The molecule has 2 unspecified atom stereocenters. The van der Waals surface area contributed by atoms with E-state index in [4.69, 9.17) is 9.47 Å². The van der Waals surface area contributed by atoms with Crippen LogP contribution in [0, 0.1) is 0 Å². The van der Waals surface area contributed by atoms with Gasteiger partial charge < -0.3 is 14.8 Å². The number of nitrogens with one attached hydrogen (secondary N) is 1. The van der Waals surface area contributed by atoms with Gasteiger partial charge in [-0.05, 0) is 47.5 Å². The van der Waals surface area contributed by atoms with Crippen LogP contribution in [-0.2, 0) is 19.1 Å². The third-order valence-electron chi connectivity index (χ3n) is 2.64. The number of carbonyl (C=O) groups is 2. The van der Waals surface area contributed by atoms with E-state index in [2.05, 4.69) is 5.32 Å². The maximum absolute atomic E-state index is 11.8. The number of amides is 1. The minimum absolute atomic E-state index is 0.109. The van der Waals surface area contributed by atoms with Gasteiger partial charge in [-0.25, -0.2) is 4.79 Å². The Morgan fingerprint density at radius 2 is 1.94 bits per heavy atom. The van der Waals surface area contributed by atoms with Crippen LogP contribution in [0.1, 0.15) is 47.5 Å². The molecule has 1 saturated heterocycles. The fraction of sp³-hybridized carbons (Fsp3) is 0.846. The molecule has 0 aromatic heterocycles. The summed E-state index contributed by atoms with van der Waals surface area (Å²) in [7, 11) is 0. The van der Waals surface area contributed by atoms with Crippen molar-refractivity contribution in [3.8, 4) is 0 Å². The summed E-state index contributed by atoms with van der Waals surface area (Å²) in [5.74, 6) is -0.667. The minimum Gasteiger partial charge on any atom is -0.458 e. The van der Waals surface area contributed by atoms with E-state index in [1.165, 1.54) is 0 Å². The van der Waals surface area contributed by atoms with Gasteiger partial charge in [0, 0.05) is 0 Å². The summed E-state index contributed by atoms with van der Waals surface area (Å²) < 4.78 is 10.6. The molecule has 1 N–H and O–H groups in total. The molecule has 1 heterocycles. The van der Waals surface area contributed by atoms with Crippen LogP contribution >= 0.6 is 0 Å². The molecule has 5 nitrogen and oxygen atoms in total. The highest BCUT2D eigenvalue weighted by molar-refractivity contribution is 5.87. The highest BCUT2D eigenvalue weighted by atomic mass is 16.6. The van der Waals surface area contributed by atoms with E-state index in [0.717, 1.165) is 6.42 Å². The van der Waals surface area contributed by atoms with Crippen molar-refractivity contribution < 1.29 is 19.1 Å². The molecule has 0 aromatic rings. The standard InChI is InChI=1S/C13H23NO4/c1-8-6-7-10(17-8)11(15)14-9(2)12(16)18-13(3,4)5/h8-10H,6-7H2,1-5H3,(H,14,15)/t8?,9-,10?/m1/s1. The van der Waals surface area contributed by atoms with E-state index < -0.39 is 23.7 Å². The Hall–Kier alpha value is -1.10. The summed E-state index contributed by atoms with van der Waals surface area (Å²) in [4.78, 5) is 23.5. The Labute approximate surface area is 108 Å². The van der Waals surface area contributed by atoms with E-state index >= 15 is 0 Å². The lowest BCUT2D eigenvalue weighted by molar-refractivity contribution is -0.158. The van der Waals surface area contributed by atoms with E-state index in [9.17, 15) is 9.59 Å². The SMILES string of the molecule is CC1CCC(C(=O)N[C@H](C)C(=O)OC(C)(C)C)O1. The largest absolute Gasteiger partial charge is 0.458 e. The molecule has 5 heteroatoms. The fourth-order valence-electron chi connectivity index (χ4n) is 1.75. The summed E-state index contributed by atoms with van der Waals surface area (Å²) in [5, 5.41) is 2.63. The first-order chi connectivity index (χ1) is 8.19. The van der Waals surface area contributed by atoms with Gasteiger partial charge >= 0.3 is 5.97 Å². The molecule has 0 saturated carbocycles. The molecule has 0 bridgehead atoms. The summed E-state index contributed by atoms with van der Waals surface area (Å²) >= 11 is 0. The van der Waals surface area contributed by atoms with Gasteiger partial charge in [-0.3, -0.25) is 4.79 Å². The van der Waals surface area contributed by atoms with Crippen molar-refractivity contribution in [1.82, 2.24) is 5.32 Å². The van der Waals surface area contributed by atoms with E-state index in [1.807, 2.05) is 6.92 Å². The molecule has 0 spiro atoms. The van der Waals surface area contributed by atoms with Gasteiger partial charge in [-0.15, -0.1) is 0 Å². The van der Waals surface area contributed by atoms with E-state index in [-0.39, 0.29) is 12.0 Å². The average molecular weight is 257 g/mol. The topological polar surface area (TPSA) is 64.6 Å². The lowest BCUT2D eigenvalue weighted by Gasteiger charge is -2.23. The Morgan fingerprint density at radius 1 is 1.33 bits per heavy atom. The first-order valence-corrected chi connectivity index (χ1v) is 6.38. The van der Waals surface area contributed by atoms with Crippen molar-refractivity contribution >= 4 is 11.9 Å². The zero-order valence-corrected chi connectivity index (χ0v) is 11.8. The molecule has 104 valence electrons. The predicted octanol–water partition coefficient (Wildman–Crippen LogP) is 1.40. The van der Waals surface area contributed by atoms with Crippen molar-refractivity contribution in [3.05, 3.63) is 0 Å². The van der Waals surface area contributed by atoms with Crippen molar-refractivity contribution in [2.75, 3.05) is 0 Å². The molecule has 1 aliphatic rings. The van der Waals surface area contributed by atoms with Crippen LogP contribution in [-0.4, -0.2) is 35.7 Å². The summed E-state index contributed by atoms with van der Waals surface area (Å²) in [6.07, 6.45) is 1.25. The maximum Gasteiger partial charge on any atom is 0.328 e. The second-order valence-corrected chi connectivity index (χ2v) is 5.78. The Kier molecular flexibility index (Phi) is 4.73. The van der Waals surface area contributed by atoms with Crippen LogP contribution < -0.4 is 5.32 Å². The fourth-order valence-corrected chi connectivity index (χ4v) is 1.75. The van der Waals surface area contributed by atoms with E-state index in [1.54, 1.807) is 27.7 Å². The molecule has 1 aliphatic heterocycles. The van der Waals surface area contributed by atoms with Crippen molar-refractivity contribution in [2.45, 2.75) is 71.3 Å². The molecule has 0 aromatic carbocycles. The molecule has 18 heavy (non-hydrogen) atoms. The van der Waals surface area contributed by atoms with Crippen LogP contribution in [0.3, 0.4) is 0 Å². The quantitative estimate of drug-likeness (QED) is 0.776. The van der Waals surface area contributed by atoms with Gasteiger partial charge in [0.25, 0.3) is 0 Å². The van der Waals surface area contributed by atoms with Gasteiger partial charge in [0.1, 0.15) is 17.7 Å². The molecular weight excluding hydrogens is 234 g/mol. The summed E-state index contributed by atoms with van der Waals surface area (Å²) in [5.41, 5.74) is -0.547. The van der Waals surface area contributed by atoms with Crippen molar-refractivity contribution in [2.24, 2.45) is 0 Å². The number of hydrogen-bond acceptors (Lipinski definition) is 4. The first-order valence-electron chi connectivity index (χ1n) is 6.38. The maximum atomic E-state index is 11.8. The molecule has 0 aliphatic carbocycles. The Balaban J connectivity index is 2.42. The molecule has 1 rings (SSSR count). The average Bonchev–Trinajstić information content (AvgIpc) is 2.62. The predicted molar refractivity (Wildman–Crippen MR) is 67.0 cm³/mol. The lowest BCUT2D eigenvalue weighted by Crippen LogP contribution is -2.46. The highest BCUT2D eigenvalue weighted by Gasteiger charge is 2.31. The zero-order valence-electron chi connectivity index (χ0n) is 11.8. The van der Waals surface area contributed by atoms with Gasteiger partial charge in [0.05, 0.1) is 6.10 Å². The van der Waals surface area contributed by atoms with Crippen LogP contribution in [0.2, 0.25) is 0 Å². The Bertz CT molecular complexity index is 321. The van der Waals surface area contributed by atoms with Crippen LogP contribution in [0.25, 0.3) is 0 Å². The van der Waals surface area contributed by atoms with Crippen molar-refractivity contribution in [1.29, 1.82) is 0 Å². The number of esters is 1. The van der Waals surface area contributed by atoms with Crippen molar-refractivity contribution in [3.63, 3.8) is 0 Å². The zero-order chi connectivity index (χ0) is 13.9. The second kappa shape index (κ2) is 5.69. The number of hydrogen-bond donors (Lipinski definition) is 1. The third kappa shape index (κ3) is 4.64. The van der Waals surface area contributed by atoms with Gasteiger partial charge in [-0.2, -0.15) is 0 Å². The van der Waals surface area contributed by atoms with E-state index in [0.29, 0.717) is 6.42 Å². The van der Waals surface area contributed by atoms with Gasteiger partial charge in [0.2, 0.25) is 5.91 Å². The normalized spacial score (nSPS) is 25.6. The van der Waals surface area contributed by atoms with Crippen LogP contribution in [0.5, 0.6) is 0 Å². The second-order valence-electron chi connectivity index (χ2n) is 5.78. The smallest absolute Gasteiger partial charge is 0.328 e. The highest BCUT2D eigenvalue weighted by Crippen LogP contribution is 2.19. The summed E-state index contributed by atoms with van der Waals surface area (Å²) in [6, 6.07) is -0.656. The molecule has 0 radical (unpaired) electrons. The lowest BCUT2D eigenvalue weighted by atomic mass is 10.2. The van der Waals surface area contributed by atoms with Crippen LogP contribution in [0.15, 0.2) is 0 Å². The summed E-state index contributed by atoms with van der Waals surface area (Å²) in [6.45, 7) is 8.93. The van der Waals surface area contributed by atoms with Gasteiger partial charge in [-0.1, -0.05) is 0 Å². The third-order valence-corrected chi connectivity index (χ3v) is 2.64. The van der Waals surface area contributed by atoms with Crippen LogP contribution in [0.4, 0.5) is 0 Å². The number of ether oxygens (including phenoxy) is 2. The molecule has 1 fully saturated rings. The number of carbonyl (C=O) groups excluding carboxylic acids is 2. The molecular formula is C13H23NO4. The number of rotatable bonds is 3. The van der Waals surface area contributed by atoms with Gasteiger partial charge in [0.15, 0.2) is 0 Å². The Morgan fingerprint density at radius 3 is 2.39 bits per heavy atom. The monoisotopic (exact) mass is 257 g/mol. The minimum atomic E-state index is -0.656. The molecule has 3 atom stereocenters.